The molecule has 0 aliphatic carbocycles. The zero-order chi connectivity index (χ0) is 22.9. The third kappa shape index (κ3) is 4.05. The lowest BCUT2D eigenvalue weighted by Gasteiger charge is -2.27. The Hall–Kier alpha value is -3.42. The van der Waals surface area contributed by atoms with Gasteiger partial charge in [-0.3, -0.25) is 9.59 Å². The molecule has 3 aromatic rings. The Morgan fingerprint density at radius 2 is 1.73 bits per heavy atom. The highest BCUT2D eigenvalue weighted by molar-refractivity contribution is 8.15. The molecule has 2 amide bonds. The van der Waals surface area contributed by atoms with Gasteiger partial charge in [0.15, 0.2) is 11.2 Å². The minimum absolute atomic E-state index is 0.185. The van der Waals surface area contributed by atoms with Gasteiger partial charge in [0.25, 0.3) is 5.91 Å². The lowest BCUT2D eigenvalue weighted by Crippen LogP contribution is -2.41. The minimum Gasteiger partial charge on any atom is -0.324 e. The van der Waals surface area contributed by atoms with Crippen LogP contribution in [0.15, 0.2) is 88.8 Å². The summed E-state index contributed by atoms with van der Waals surface area (Å²) in [5.41, 5.74) is 2.86. The maximum Gasteiger partial charge on any atom is 0.263 e. The van der Waals surface area contributed by atoms with Crippen molar-refractivity contribution in [2.45, 2.75) is 18.2 Å². The third-order valence-corrected chi connectivity index (χ3v) is 6.75. The first kappa shape index (κ1) is 21.4. The highest BCUT2D eigenvalue weighted by Gasteiger charge is 2.42. The van der Waals surface area contributed by atoms with Crippen molar-refractivity contribution in [1.82, 2.24) is 4.90 Å². The fourth-order valence-electron chi connectivity index (χ4n) is 3.69. The van der Waals surface area contributed by atoms with Gasteiger partial charge < -0.3 is 5.32 Å². The molecule has 2 aliphatic heterocycles. The van der Waals surface area contributed by atoms with Crippen molar-refractivity contribution in [2.24, 2.45) is 9.98 Å². The quantitative estimate of drug-likeness (QED) is 0.547. The number of hydrogen-bond acceptors (Lipinski definition) is 5. The Morgan fingerprint density at radius 1 is 1.03 bits per heavy atom. The van der Waals surface area contributed by atoms with Gasteiger partial charge in [-0.05, 0) is 36.8 Å². The number of para-hydroxylation sites is 2. The molecule has 0 aromatic heterocycles. The summed E-state index contributed by atoms with van der Waals surface area (Å²) in [6.07, 6.45) is 0. The molecule has 0 bridgehead atoms. The van der Waals surface area contributed by atoms with Crippen LogP contribution in [0.1, 0.15) is 24.1 Å². The number of hydrogen-bond donors (Lipinski definition) is 1. The van der Waals surface area contributed by atoms with E-state index in [2.05, 4.69) is 5.32 Å². The predicted octanol–water partition coefficient (Wildman–Crippen LogP) is 5.43. The number of fused-ring (bicyclic) bond motifs is 3. The van der Waals surface area contributed by atoms with Crippen molar-refractivity contribution < 1.29 is 9.59 Å². The lowest BCUT2D eigenvalue weighted by molar-refractivity contribution is -0.124. The van der Waals surface area contributed by atoms with E-state index in [0.717, 1.165) is 16.8 Å². The van der Waals surface area contributed by atoms with Crippen molar-refractivity contribution in [2.75, 3.05) is 5.32 Å². The number of benzene rings is 3. The summed E-state index contributed by atoms with van der Waals surface area (Å²) in [6, 6.07) is 23.4. The zero-order valence-electron chi connectivity index (χ0n) is 17.6. The molecule has 2 atom stereocenters. The number of amidine groups is 2. The van der Waals surface area contributed by atoms with Crippen LogP contribution in [0.4, 0.5) is 11.4 Å². The molecular weight excluding hydrogens is 456 g/mol. The molecule has 33 heavy (non-hydrogen) atoms. The summed E-state index contributed by atoms with van der Waals surface area (Å²) in [4.78, 5) is 37.3. The van der Waals surface area contributed by atoms with Crippen LogP contribution in [0.3, 0.4) is 0 Å². The van der Waals surface area contributed by atoms with E-state index in [-0.39, 0.29) is 11.8 Å². The van der Waals surface area contributed by atoms with Crippen LogP contribution < -0.4 is 5.32 Å². The average molecular weight is 475 g/mol. The van der Waals surface area contributed by atoms with Gasteiger partial charge in [-0.2, -0.15) is 0 Å². The monoisotopic (exact) mass is 474 g/mol. The van der Waals surface area contributed by atoms with Crippen LogP contribution in [0, 0.1) is 0 Å². The first-order chi connectivity index (χ1) is 16.0. The number of carbonyl (C=O) groups is 2. The van der Waals surface area contributed by atoms with Crippen molar-refractivity contribution in [3.05, 3.63) is 95.0 Å². The fourth-order valence-corrected chi connectivity index (χ4v) is 4.79. The number of carbonyl (C=O) groups excluding carboxylic acids is 2. The molecule has 1 N–H and O–H groups in total. The first-order valence-corrected chi connectivity index (χ1v) is 11.7. The molecule has 2 aliphatic rings. The number of anilines is 1. The molecule has 0 unspecified atom stereocenters. The Kier molecular flexibility index (Phi) is 5.74. The molecule has 5 rings (SSSR count). The second kappa shape index (κ2) is 8.84. The maximum absolute atomic E-state index is 13.4. The lowest BCUT2D eigenvalue weighted by atomic mass is 10.1. The zero-order valence-corrected chi connectivity index (χ0v) is 19.2. The smallest absolute Gasteiger partial charge is 0.263 e. The standard InChI is InChI=1S/C25H19ClN4O2S/c1-15(23(31)27-20-14-8-6-12-18(20)26)33-25-28-19-13-7-5-11-17(19)22-29-21(24(32)30(22)25)16-9-3-2-4-10-16/h2-15,21H,1H3,(H,27,31)/t15-,21+/m0/s1. The number of thioether (sulfide) groups is 1. The number of nitrogens with zero attached hydrogens (tertiary/aromatic N) is 3. The van der Waals surface area contributed by atoms with E-state index in [9.17, 15) is 9.59 Å². The van der Waals surface area contributed by atoms with E-state index >= 15 is 0 Å². The average Bonchev–Trinajstić information content (AvgIpc) is 3.19. The fraction of sp³-hybridized carbons (Fsp3) is 0.120. The second-order valence-corrected chi connectivity index (χ2v) is 9.30. The van der Waals surface area contributed by atoms with Crippen LogP contribution in [-0.4, -0.2) is 33.0 Å². The summed E-state index contributed by atoms with van der Waals surface area (Å²) in [7, 11) is 0. The molecule has 3 aromatic carbocycles. The normalized spacial score (nSPS) is 17.6. The SMILES string of the molecule is C[C@H](SC1=Nc2ccccc2C2=N[C@H](c3ccccc3)C(=O)N12)C(=O)Nc1ccccc1Cl. The predicted molar refractivity (Wildman–Crippen MR) is 133 cm³/mol. The van der Waals surface area contributed by atoms with E-state index in [0.29, 0.717) is 21.7 Å². The van der Waals surface area contributed by atoms with Crippen molar-refractivity contribution >= 4 is 57.6 Å². The largest absolute Gasteiger partial charge is 0.324 e. The van der Waals surface area contributed by atoms with E-state index in [1.165, 1.54) is 16.7 Å². The van der Waals surface area contributed by atoms with Gasteiger partial charge in [-0.25, -0.2) is 14.9 Å². The maximum atomic E-state index is 13.4. The van der Waals surface area contributed by atoms with E-state index in [1.807, 2.05) is 54.6 Å². The molecule has 0 saturated carbocycles. The summed E-state index contributed by atoms with van der Waals surface area (Å²) in [5, 5.41) is 3.20. The number of rotatable bonds is 4. The van der Waals surface area contributed by atoms with Gasteiger partial charge in [-0.1, -0.05) is 78.0 Å². The van der Waals surface area contributed by atoms with Gasteiger partial charge in [-0.15, -0.1) is 0 Å². The number of halogens is 1. The molecular formula is C25H19ClN4O2S. The first-order valence-electron chi connectivity index (χ1n) is 10.4. The van der Waals surface area contributed by atoms with Crippen LogP contribution in [0.2, 0.25) is 5.02 Å². The number of aliphatic imine (C=N–C) groups is 2. The van der Waals surface area contributed by atoms with Crippen LogP contribution in [-0.2, 0) is 9.59 Å². The van der Waals surface area contributed by atoms with Gasteiger partial charge >= 0.3 is 0 Å². The molecule has 164 valence electrons. The Balaban J connectivity index is 1.45. The van der Waals surface area contributed by atoms with Crippen molar-refractivity contribution in [1.29, 1.82) is 0 Å². The molecule has 0 radical (unpaired) electrons. The summed E-state index contributed by atoms with van der Waals surface area (Å²) >= 11 is 7.39. The second-order valence-electron chi connectivity index (χ2n) is 7.58. The molecule has 2 heterocycles. The van der Waals surface area contributed by atoms with Gasteiger partial charge in [0.2, 0.25) is 5.91 Å². The van der Waals surface area contributed by atoms with Crippen LogP contribution in [0.5, 0.6) is 0 Å². The van der Waals surface area contributed by atoms with Gasteiger partial charge in [0.1, 0.15) is 5.84 Å². The van der Waals surface area contributed by atoms with Crippen LogP contribution in [0.25, 0.3) is 0 Å². The molecule has 0 fully saturated rings. The van der Waals surface area contributed by atoms with Gasteiger partial charge in [0.05, 0.1) is 21.6 Å². The molecule has 0 saturated heterocycles. The Labute approximate surface area is 200 Å². The highest BCUT2D eigenvalue weighted by atomic mass is 35.5. The van der Waals surface area contributed by atoms with Crippen molar-refractivity contribution in [3.8, 4) is 0 Å². The minimum atomic E-state index is -0.648. The topological polar surface area (TPSA) is 74.1 Å². The third-order valence-electron chi connectivity index (χ3n) is 5.37. The molecule has 0 spiro atoms. The highest BCUT2D eigenvalue weighted by Crippen LogP contribution is 2.38. The number of nitrogens with one attached hydrogen (secondary N) is 1. The van der Waals surface area contributed by atoms with E-state index in [1.54, 1.807) is 31.2 Å². The van der Waals surface area contributed by atoms with E-state index < -0.39 is 11.3 Å². The molecule has 8 heteroatoms. The summed E-state index contributed by atoms with van der Waals surface area (Å²) < 4.78 is 0. The summed E-state index contributed by atoms with van der Waals surface area (Å²) in [6.45, 7) is 1.77. The van der Waals surface area contributed by atoms with Gasteiger partial charge in [0, 0.05) is 5.56 Å². The van der Waals surface area contributed by atoms with E-state index in [4.69, 9.17) is 21.6 Å². The summed E-state index contributed by atoms with van der Waals surface area (Å²) in [5.74, 6) is 0.135. The van der Waals surface area contributed by atoms with Crippen molar-refractivity contribution in [3.63, 3.8) is 0 Å². The number of amides is 2. The Bertz CT molecular complexity index is 1310. The molecule has 6 nitrogen and oxygen atoms in total. The Morgan fingerprint density at radius 3 is 2.52 bits per heavy atom. The van der Waals surface area contributed by atoms with Crippen LogP contribution >= 0.6 is 23.4 Å².